The third-order valence-electron chi connectivity index (χ3n) is 3.86. The van der Waals surface area contributed by atoms with Crippen LogP contribution in [-0.2, 0) is 4.74 Å². The summed E-state index contributed by atoms with van der Waals surface area (Å²) in [5, 5.41) is 13.6. The second-order valence-corrected chi connectivity index (χ2v) is 6.49. The van der Waals surface area contributed by atoms with Gasteiger partial charge in [0.05, 0.1) is 13.2 Å². The zero-order valence-electron chi connectivity index (χ0n) is 13.4. The van der Waals surface area contributed by atoms with Crippen LogP contribution in [0, 0.1) is 0 Å². The Kier molecular flexibility index (Phi) is 4.76. The van der Waals surface area contributed by atoms with Gasteiger partial charge in [0.15, 0.2) is 5.01 Å². The first-order valence-corrected chi connectivity index (χ1v) is 8.66. The Morgan fingerprint density at radius 1 is 1.27 bits per heavy atom. The van der Waals surface area contributed by atoms with Gasteiger partial charge in [0, 0.05) is 12.6 Å². The van der Waals surface area contributed by atoms with E-state index in [9.17, 15) is 8.78 Å². The maximum Gasteiger partial charge on any atom is 0.387 e. The van der Waals surface area contributed by atoms with E-state index in [1.807, 2.05) is 6.07 Å². The van der Waals surface area contributed by atoms with Crippen LogP contribution in [0.2, 0.25) is 0 Å². The van der Waals surface area contributed by atoms with E-state index < -0.39 is 6.61 Å². The number of halogens is 2. The second kappa shape index (κ2) is 7.34. The summed E-state index contributed by atoms with van der Waals surface area (Å²) in [5.74, 6) is 0.113. The van der Waals surface area contributed by atoms with Crippen LogP contribution in [0.25, 0.3) is 10.7 Å². The third-order valence-corrected chi connectivity index (χ3v) is 4.87. The largest absolute Gasteiger partial charge is 0.435 e. The quantitative estimate of drug-likeness (QED) is 0.672. The fraction of sp³-hybridized carbons (Fsp3) is 0.312. The first kappa shape index (κ1) is 16.9. The molecule has 1 unspecified atom stereocenters. The number of anilines is 1. The molecule has 136 valence electrons. The van der Waals surface area contributed by atoms with Gasteiger partial charge in [0.2, 0.25) is 5.13 Å². The van der Waals surface area contributed by atoms with Gasteiger partial charge >= 0.3 is 6.61 Å². The number of hydrogen-bond acceptors (Lipinski definition) is 8. The maximum absolute atomic E-state index is 12.4. The van der Waals surface area contributed by atoms with Crippen LogP contribution >= 0.6 is 11.3 Å². The summed E-state index contributed by atoms with van der Waals surface area (Å²) in [6.07, 6.45) is 1.21. The van der Waals surface area contributed by atoms with E-state index in [1.165, 1.54) is 23.7 Å². The van der Waals surface area contributed by atoms with Crippen molar-refractivity contribution in [2.75, 3.05) is 24.6 Å². The Hall–Kier alpha value is -2.59. The molecule has 1 aromatic carbocycles. The Balaban J connectivity index is 1.49. The highest BCUT2D eigenvalue weighted by molar-refractivity contribution is 7.18. The molecule has 0 N–H and O–H groups in total. The molecule has 4 rings (SSSR count). The summed E-state index contributed by atoms with van der Waals surface area (Å²) in [7, 11) is 0. The smallest absolute Gasteiger partial charge is 0.387 e. The monoisotopic (exact) mass is 380 g/mol. The Morgan fingerprint density at radius 2 is 2.19 bits per heavy atom. The molecule has 10 heteroatoms. The molecule has 7 nitrogen and oxygen atoms in total. The standard InChI is InChI=1S/C16H14F2N4O3S/c17-15(18)25-11-3-1-2-10(8-11)13-9-22(5-7-23-13)16-20-19-14(26-16)12-4-6-24-21-12/h1-4,6,8,13,15H,5,7,9H2. The van der Waals surface area contributed by atoms with Crippen molar-refractivity contribution in [3.05, 3.63) is 42.2 Å². The summed E-state index contributed by atoms with van der Waals surface area (Å²) >= 11 is 1.41. The SMILES string of the molecule is FC(F)Oc1cccc(C2CN(c3nnc(-c4ccon4)s3)CCO2)c1. The van der Waals surface area contributed by atoms with E-state index in [0.717, 1.165) is 10.7 Å². The first-order valence-electron chi connectivity index (χ1n) is 7.84. The van der Waals surface area contributed by atoms with E-state index in [4.69, 9.17) is 9.26 Å². The van der Waals surface area contributed by atoms with Crippen LogP contribution < -0.4 is 9.64 Å². The van der Waals surface area contributed by atoms with Crippen LogP contribution in [0.1, 0.15) is 11.7 Å². The van der Waals surface area contributed by atoms with Crippen molar-refractivity contribution in [3.8, 4) is 16.5 Å². The van der Waals surface area contributed by atoms with Crippen molar-refractivity contribution in [3.63, 3.8) is 0 Å². The molecule has 1 aliphatic heterocycles. The van der Waals surface area contributed by atoms with Gasteiger partial charge in [-0.15, -0.1) is 10.2 Å². The average Bonchev–Trinajstić information content (AvgIpc) is 3.33. The van der Waals surface area contributed by atoms with Gasteiger partial charge in [-0.2, -0.15) is 8.78 Å². The second-order valence-electron chi connectivity index (χ2n) is 5.53. The topological polar surface area (TPSA) is 73.5 Å². The third kappa shape index (κ3) is 3.65. The summed E-state index contributed by atoms with van der Waals surface area (Å²) in [6.45, 7) is -1.17. The highest BCUT2D eigenvalue weighted by atomic mass is 32.1. The molecule has 3 heterocycles. The molecule has 1 saturated heterocycles. The van der Waals surface area contributed by atoms with Gasteiger partial charge in [-0.05, 0) is 17.7 Å². The molecule has 3 aromatic rings. The van der Waals surface area contributed by atoms with Crippen LogP contribution in [0.5, 0.6) is 5.75 Å². The molecule has 0 amide bonds. The van der Waals surface area contributed by atoms with Crippen molar-refractivity contribution >= 4 is 16.5 Å². The van der Waals surface area contributed by atoms with E-state index >= 15 is 0 Å². The maximum atomic E-state index is 12.4. The molecule has 0 aliphatic carbocycles. The van der Waals surface area contributed by atoms with Gasteiger partial charge in [-0.25, -0.2) is 0 Å². The van der Waals surface area contributed by atoms with Crippen LogP contribution in [0.3, 0.4) is 0 Å². The summed E-state index contributed by atoms with van der Waals surface area (Å²) in [6, 6.07) is 8.28. The van der Waals surface area contributed by atoms with Crippen LogP contribution in [0.4, 0.5) is 13.9 Å². The Labute approximate surface area is 151 Å². The zero-order chi connectivity index (χ0) is 17.9. The molecule has 0 radical (unpaired) electrons. The normalized spacial score (nSPS) is 17.7. The van der Waals surface area contributed by atoms with E-state index in [2.05, 4.69) is 25.0 Å². The number of aromatic nitrogens is 3. The van der Waals surface area contributed by atoms with Gasteiger partial charge in [0.1, 0.15) is 23.8 Å². The summed E-state index contributed by atoms with van der Waals surface area (Å²) in [5.41, 5.74) is 1.41. The highest BCUT2D eigenvalue weighted by Gasteiger charge is 2.25. The fourth-order valence-corrected chi connectivity index (χ4v) is 3.53. The number of benzene rings is 1. The average molecular weight is 380 g/mol. The molecule has 2 aromatic heterocycles. The molecule has 0 spiro atoms. The molecular weight excluding hydrogens is 366 g/mol. The summed E-state index contributed by atoms with van der Waals surface area (Å²) < 4.78 is 39.9. The van der Waals surface area contributed by atoms with Gasteiger partial charge in [0.25, 0.3) is 0 Å². The van der Waals surface area contributed by atoms with Crippen molar-refractivity contribution < 1.29 is 22.8 Å². The van der Waals surface area contributed by atoms with Crippen molar-refractivity contribution in [2.45, 2.75) is 12.7 Å². The lowest BCUT2D eigenvalue weighted by Gasteiger charge is -2.32. The van der Waals surface area contributed by atoms with E-state index in [-0.39, 0.29) is 11.9 Å². The van der Waals surface area contributed by atoms with Crippen molar-refractivity contribution in [2.24, 2.45) is 0 Å². The molecule has 0 bridgehead atoms. The molecule has 26 heavy (non-hydrogen) atoms. The summed E-state index contributed by atoms with van der Waals surface area (Å²) in [4.78, 5) is 2.05. The van der Waals surface area contributed by atoms with Crippen LogP contribution in [0.15, 0.2) is 41.1 Å². The molecule has 1 aliphatic rings. The van der Waals surface area contributed by atoms with Gasteiger partial charge < -0.3 is 18.9 Å². The fourth-order valence-electron chi connectivity index (χ4n) is 2.69. The number of morpholine rings is 1. The van der Waals surface area contributed by atoms with Crippen molar-refractivity contribution in [1.29, 1.82) is 0 Å². The molecule has 0 saturated carbocycles. The number of nitrogens with zero attached hydrogens (tertiary/aromatic N) is 4. The van der Waals surface area contributed by atoms with Gasteiger partial charge in [-0.3, -0.25) is 0 Å². The lowest BCUT2D eigenvalue weighted by molar-refractivity contribution is -0.0501. The Bertz CT molecular complexity index is 859. The predicted octanol–water partition coefficient (Wildman–Crippen LogP) is 3.37. The van der Waals surface area contributed by atoms with Crippen LogP contribution in [-0.4, -0.2) is 41.7 Å². The zero-order valence-corrected chi connectivity index (χ0v) is 14.2. The Morgan fingerprint density at radius 3 is 3.00 bits per heavy atom. The minimum Gasteiger partial charge on any atom is -0.435 e. The lowest BCUT2D eigenvalue weighted by Crippen LogP contribution is -2.38. The van der Waals surface area contributed by atoms with Gasteiger partial charge in [-0.1, -0.05) is 28.6 Å². The number of alkyl halides is 2. The van der Waals surface area contributed by atoms with E-state index in [0.29, 0.717) is 30.4 Å². The number of ether oxygens (including phenoxy) is 2. The number of hydrogen-bond donors (Lipinski definition) is 0. The minimum atomic E-state index is -2.86. The molecule has 1 atom stereocenters. The number of rotatable bonds is 5. The lowest BCUT2D eigenvalue weighted by atomic mass is 10.1. The van der Waals surface area contributed by atoms with Crippen molar-refractivity contribution in [1.82, 2.24) is 15.4 Å². The first-order chi connectivity index (χ1) is 12.7. The predicted molar refractivity (Wildman–Crippen MR) is 89.4 cm³/mol. The molecular formula is C16H14F2N4O3S. The highest BCUT2D eigenvalue weighted by Crippen LogP contribution is 2.32. The van der Waals surface area contributed by atoms with E-state index in [1.54, 1.807) is 18.2 Å². The molecule has 1 fully saturated rings. The minimum absolute atomic E-state index is 0.113.